The highest BCUT2D eigenvalue weighted by atomic mass is 32.1. The molecule has 0 unspecified atom stereocenters. The second-order valence-corrected chi connectivity index (χ2v) is 8.03. The van der Waals surface area contributed by atoms with Gasteiger partial charge in [0.1, 0.15) is 0 Å². The predicted molar refractivity (Wildman–Crippen MR) is 120 cm³/mol. The highest BCUT2D eigenvalue weighted by Crippen LogP contribution is 2.31. The molecule has 1 aliphatic rings. The number of imide groups is 1. The lowest BCUT2D eigenvalue weighted by atomic mass is 10.0. The summed E-state index contributed by atoms with van der Waals surface area (Å²) in [5.41, 5.74) is 2.55. The number of hydrogen-bond acceptors (Lipinski definition) is 5. The van der Waals surface area contributed by atoms with Gasteiger partial charge in [-0.05, 0) is 22.9 Å². The predicted octanol–water partition coefficient (Wildman–Crippen LogP) is 4.59. The number of aromatic nitrogens is 1. The van der Waals surface area contributed by atoms with Gasteiger partial charge in [0.15, 0.2) is 5.13 Å². The fourth-order valence-electron chi connectivity index (χ4n) is 3.74. The van der Waals surface area contributed by atoms with Gasteiger partial charge in [0.05, 0.1) is 16.8 Å². The van der Waals surface area contributed by atoms with Gasteiger partial charge in [-0.3, -0.25) is 19.3 Å². The van der Waals surface area contributed by atoms with Crippen LogP contribution in [-0.2, 0) is 4.79 Å². The summed E-state index contributed by atoms with van der Waals surface area (Å²) in [5.74, 6) is -1.02. The second-order valence-electron chi connectivity index (χ2n) is 7.17. The molecular weight excluding hydrogens is 410 g/mol. The molecule has 1 aromatic heterocycles. The standard InChI is InChI=1S/C24H17N3O3S/c28-21(12-13-27-22(29)18-9-3-4-10-19(18)23(27)30)26-24-25-20(14-31-24)17-11-5-7-15-6-1-2-8-16(15)17/h1-11,14H,12-13H2,(H,25,26,28). The molecule has 0 aliphatic carbocycles. The number of hydrogen-bond donors (Lipinski definition) is 1. The molecule has 0 saturated heterocycles. The van der Waals surface area contributed by atoms with E-state index in [1.165, 1.54) is 11.3 Å². The van der Waals surface area contributed by atoms with Crippen molar-refractivity contribution in [3.63, 3.8) is 0 Å². The lowest BCUT2D eigenvalue weighted by Gasteiger charge is -2.12. The molecule has 0 atom stereocenters. The number of nitrogens with zero attached hydrogens (tertiary/aromatic N) is 2. The van der Waals surface area contributed by atoms with Crippen molar-refractivity contribution in [2.24, 2.45) is 0 Å². The van der Waals surface area contributed by atoms with E-state index in [0.717, 1.165) is 26.9 Å². The normalized spacial score (nSPS) is 13.0. The summed E-state index contributed by atoms with van der Waals surface area (Å²) in [6, 6.07) is 20.8. The maximum Gasteiger partial charge on any atom is 0.261 e. The average Bonchev–Trinajstić information content (AvgIpc) is 3.35. The zero-order valence-electron chi connectivity index (χ0n) is 16.4. The minimum Gasteiger partial charge on any atom is -0.302 e. The van der Waals surface area contributed by atoms with Crippen LogP contribution in [0.4, 0.5) is 5.13 Å². The van der Waals surface area contributed by atoms with Gasteiger partial charge in [-0.1, -0.05) is 54.6 Å². The Morgan fingerprint density at radius 2 is 1.52 bits per heavy atom. The van der Waals surface area contributed by atoms with Gasteiger partial charge in [-0.15, -0.1) is 11.3 Å². The van der Waals surface area contributed by atoms with E-state index in [2.05, 4.69) is 10.3 Å². The third-order valence-corrected chi connectivity index (χ3v) is 6.01. The molecular formula is C24H17N3O3S. The summed E-state index contributed by atoms with van der Waals surface area (Å²) in [4.78, 5) is 42.9. The first-order chi connectivity index (χ1) is 15.1. The molecule has 3 amide bonds. The molecule has 0 saturated carbocycles. The summed E-state index contributed by atoms with van der Waals surface area (Å²) in [6.07, 6.45) is 0.00858. The fraction of sp³-hybridized carbons (Fsp3) is 0.0833. The van der Waals surface area contributed by atoms with Crippen LogP contribution in [0.5, 0.6) is 0 Å². The third-order valence-electron chi connectivity index (χ3n) is 5.26. The summed E-state index contributed by atoms with van der Waals surface area (Å²) in [5, 5.41) is 7.38. The molecule has 2 heterocycles. The number of rotatable bonds is 5. The van der Waals surface area contributed by atoms with E-state index in [-0.39, 0.29) is 30.7 Å². The maximum atomic E-state index is 12.4. The molecule has 0 radical (unpaired) electrons. The summed E-state index contributed by atoms with van der Waals surface area (Å²) >= 11 is 1.34. The van der Waals surface area contributed by atoms with Crippen LogP contribution < -0.4 is 5.32 Å². The SMILES string of the molecule is O=C(CCN1C(=O)c2ccccc2C1=O)Nc1nc(-c2cccc3ccccc23)cs1. The minimum absolute atomic E-state index is 0.00858. The molecule has 6 nitrogen and oxygen atoms in total. The second kappa shape index (κ2) is 7.77. The Labute approximate surface area is 182 Å². The van der Waals surface area contributed by atoms with Crippen LogP contribution in [0, 0.1) is 0 Å². The molecule has 5 rings (SSSR count). The first-order valence-electron chi connectivity index (χ1n) is 9.80. The van der Waals surface area contributed by atoms with E-state index in [0.29, 0.717) is 16.3 Å². The fourth-order valence-corrected chi connectivity index (χ4v) is 4.47. The van der Waals surface area contributed by atoms with Gasteiger partial charge < -0.3 is 5.32 Å². The molecule has 31 heavy (non-hydrogen) atoms. The summed E-state index contributed by atoms with van der Waals surface area (Å²) < 4.78 is 0. The molecule has 3 aromatic carbocycles. The molecule has 4 aromatic rings. The van der Waals surface area contributed by atoms with Crippen molar-refractivity contribution in [2.45, 2.75) is 6.42 Å². The zero-order chi connectivity index (χ0) is 21.4. The van der Waals surface area contributed by atoms with Crippen molar-refractivity contribution in [1.82, 2.24) is 9.88 Å². The van der Waals surface area contributed by atoms with E-state index >= 15 is 0 Å². The monoisotopic (exact) mass is 427 g/mol. The summed E-state index contributed by atoms with van der Waals surface area (Å²) in [7, 11) is 0. The van der Waals surface area contributed by atoms with Crippen molar-refractivity contribution < 1.29 is 14.4 Å². The molecule has 1 aliphatic heterocycles. The number of nitrogens with one attached hydrogen (secondary N) is 1. The van der Waals surface area contributed by atoms with Gasteiger partial charge in [-0.25, -0.2) is 4.98 Å². The Morgan fingerprint density at radius 1 is 0.871 bits per heavy atom. The van der Waals surface area contributed by atoms with Crippen LogP contribution in [-0.4, -0.2) is 34.2 Å². The highest BCUT2D eigenvalue weighted by molar-refractivity contribution is 7.14. The van der Waals surface area contributed by atoms with E-state index in [9.17, 15) is 14.4 Å². The van der Waals surface area contributed by atoms with Crippen molar-refractivity contribution in [2.75, 3.05) is 11.9 Å². The van der Waals surface area contributed by atoms with Crippen molar-refractivity contribution >= 4 is 45.0 Å². The van der Waals surface area contributed by atoms with E-state index in [1.54, 1.807) is 24.3 Å². The van der Waals surface area contributed by atoms with Crippen molar-refractivity contribution in [3.8, 4) is 11.3 Å². The number of carbonyl (C=O) groups is 3. The van der Waals surface area contributed by atoms with E-state index in [1.807, 2.05) is 47.8 Å². The highest BCUT2D eigenvalue weighted by Gasteiger charge is 2.34. The number of benzene rings is 3. The maximum absolute atomic E-state index is 12.4. The van der Waals surface area contributed by atoms with E-state index in [4.69, 9.17) is 0 Å². The van der Waals surface area contributed by atoms with Crippen molar-refractivity contribution in [3.05, 3.63) is 83.2 Å². The molecule has 7 heteroatoms. The Bertz CT molecular complexity index is 1300. The first-order valence-corrected chi connectivity index (χ1v) is 10.7. The number of thiazole rings is 1. The van der Waals surface area contributed by atoms with Crippen LogP contribution in [0.3, 0.4) is 0 Å². The molecule has 1 N–H and O–H groups in total. The van der Waals surface area contributed by atoms with Crippen LogP contribution in [0.25, 0.3) is 22.0 Å². The number of amides is 3. The first kappa shape index (κ1) is 19.1. The van der Waals surface area contributed by atoms with Crippen LogP contribution in [0.1, 0.15) is 27.1 Å². The van der Waals surface area contributed by atoms with Crippen LogP contribution >= 0.6 is 11.3 Å². The lowest BCUT2D eigenvalue weighted by Crippen LogP contribution is -2.32. The topological polar surface area (TPSA) is 79.4 Å². The molecule has 0 bridgehead atoms. The van der Waals surface area contributed by atoms with E-state index < -0.39 is 0 Å². The van der Waals surface area contributed by atoms with Gasteiger partial charge in [0, 0.05) is 23.9 Å². The number of anilines is 1. The van der Waals surface area contributed by atoms with Gasteiger partial charge in [-0.2, -0.15) is 0 Å². The average molecular weight is 427 g/mol. The Hall–Kier alpha value is -3.84. The molecule has 0 fully saturated rings. The van der Waals surface area contributed by atoms with Gasteiger partial charge in [0.2, 0.25) is 5.91 Å². The van der Waals surface area contributed by atoms with Gasteiger partial charge >= 0.3 is 0 Å². The Balaban J connectivity index is 1.26. The minimum atomic E-state index is -0.360. The van der Waals surface area contributed by atoms with Crippen LogP contribution in [0.15, 0.2) is 72.1 Å². The largest absolute Gasteiger partial charge is 0.302 e. The smallest absolute Gasteiger partial charge is 0.261 e. The molecule has 0 spiro atoms. The van der Waals surface area contributed by atoms with Crippen LogP contribution in [0.2, 0.25) is 0 Å². The number of carbonyl (C=O) groups excluding carboxylic acids is 3. The zero-order valence-corrected chi connectivity index (χ0v) is 17.2. The molecule has 152 valence electrons. The Morgan fingerprint density at radius 3 is 2.29 bits per heavy atom. The quantitative estimate of drug-likeness (QED) is 0.473. The van der Waals surface area contributed by atoms with Crippen molar-refractivity contribution in [1.29, 1.82) is 0 Å². The third kappa shape index (κ3) is 3.49. The van der Waals surface area contributed by atoms with Gasteiger partial charge in [0.25, 0.3) is 11.8 Å². The Kier molecular flexibility index (Phi) is 4.80. The lowest BCUT2D eigenvalue weighted by molar-refractivity contribution is -0.116. The number of fused-ring (bicyclic) bond motifs is 2. The summed E-state index contributed by atoms with van der Waals surface area (Å²) in [6.45, 7) is 0.0275.